The van der Waals surface area contributed by atoms with E-state index in [0.717, 1.165) is 101 Å². The lowest BCUT2D eigenvalue weighted by Crippen LogP contribution is -2.54. The van der Waals surface area contributed by atoms with Gasteiger partial charge in [0, 0.05) is 87.0 Å². The van der Waals surface area contributed by atoms with Crippen molar-refractivity contribution in [1.82, 2.24) is 25.1 Å². The Morgan fingerprint density at radius 3 is 2.79 bits per heavy atom. The second-order valence-corrected chi connectivity index (χ2v) is 10.2. The third kappa shape index (κ3) is 5.58. The van der Waals surface area contributed by atoms with Crippen molar-refractivity contribution in [3.63, 3.8) is 0 Å². The summed E-state index contributed by atoms with van der Waals surface area (Å²) in [6, 6.07) is 6.07. The molecule has 184 valence electrons. The summed E-state index contributed by atoms with van der Waals surface area (Å²) in [5, 5.41) is 8.27. The Hall–Kier alpha value is -1.68. The smallest absolute Gasteiger partial charge is 0.227 e. The van der Waals surface area contributed by atoms with Gasteiger partial charge in [-0.25, -0.2) is 4.98 Å². The summed E-state index contributed by atoms with van der Waals surface area (Å²) in [6.07, 6.45) is 0.912. The monoisotopic (exact) mass is 505 g/mol. The van der Waals surface area contributed by atoms with Crippen molar-refractivity contribution in [2.24, 2.45) is 0 Å². The molecule has 1 aromatic heterocycles. The molecule has 0 spiro atoms. The van der Waals surface area contributed by atoms with Crippen LogP contribution in [0.5, 0.6) is 0 Å². The number of fused-ring (bicyclic) bond motifs is 1. The number of rotatable bonds is 6. The molecule has 0 bridgehead atoms. The average Bonchev–Trinajstić information content (AvgIpc) is 2.85. The standard InChI is InChI=1S/C24H33Cl2N7O/c1-31-10-11-34-16-19(31)15-32-6-8-33(9-7-32)24-29-22-4-5-27-14-20(22)23(30-24)28-13-17-2-3-18(25)12-21(17)26/h2-3,12,19,27H,4-11,13-16H2,1H3,(H,28,29,30). The van der Waals surface area contributed by atoms with Crippen LogP contribution in [0.3, 0.4) is 0 Å². The summed E-state index contributed by atoms with van der Waals surface area (Å²) in [5.41, 5.74) is 3.28. The van der Waals surface area contributed by atoms with Crippen LogP contribution in [0.25, 0.3) is 0 Å². The van der Waals surface area contributed by atoms with Crippen molar-refractivity contribution in [3.05, 3.63) is 45.1 Å². The Kier molecular flexibility index (Phi) is 7.73. The molecule has 0 aliphatic carbocycles. The van der Waals surface area contributed by atoms with Gasteiger partial charge in [0.1, 0.15) is 5.82 Å². The topological polar surface area (TPSA) is 68.8 Å². The van der Waals surface area contributed by atoms with E-state index >= 15 is 0 Å². The number of morpholine rings is 1. The van der Waals surface area contributed by atoms with Gasteiger partial charge in [-0.2, -0.15) is 4.98 Å². The molecule has 1 aromatic carbocycles. The Labute approximate surface area is 211 Å². The molecule has 4 heterocycles. The van der Waals surface area contributed by atoms with E-state index in [-0.39, 0.29) is 0 Å². The summed E-state index contributed by atoms with van der Waals surface area (Å²) in [5.74, 6) is 1.71. The van der Waals surface area contributed by atoms with E-state index < -0.39 is 0 Å². The Balaban J connectivity index is 1.27. The van der Waals surface area contributed by atoms with Crippen molar-refractivity contribution in [2.75, 3.05) is 76.3 Å². The molecule has 8 nitrogen and oxygen atoms in total. The number of likely N-dealkylation sites (N-methyl/N-ethyl adjacent to an activating group) is 1. The first-order valence-electron chi connectivity index (χ1n) is 12.1. The van der Waals surface area contributed by atoms with Crippen LogP contribution in [0.1, 0.15) is 16.8 Å². The Morgan fingerprint density at radius 1 is 1.15 bits per heavy atom. The van der Waals surface area contributed by atoms with Crippen LogP contribution in [-0.4, -0.2) is 91.9 Å². The fourth-order valence-electron chi connectivity index (χ4n) is 4.82. The fourth-order valence-corrected chi connectivity index (χ4v) is 5.30. The minimum atomic E-state index is 0.475. The number of piperazine rings is 1. The minimum absolute atomic E-state index is 0.475. The lowest BCUT2D eigenvalue weighted by Gasteiger charge is -2.40. The predicted octanol–water partition coefficient (Wildman–Crippen LogP) is 2.49. The van der Waals surface area contributed by atoms with Crippen molar-refractivity contribution in [3.8, 4) is 0 Å². The summed E-state index contributed by atoms with van der Waals surface area (Å²) in [6.45, 7) is 9.91. The maximum absolute atomic E-state index is 6.39. The summed E-state index contributed by atoms with van der Waals surface area (Å²) < 4.78 is 5.69. The molecule has 34 heavy (non-hydrogen) atoms. The zero-order valence-electron chi connectivity index (χ0n) is 19.7. The van der Waals surface area contributed by atoms with Crippen molar-refractivity contribution < 1.29 is 4.74 Å². The molecular weight excluding hydrogens is 473 g/mol. The molecule has 3 aliphatic rings. The van der Waals surface area contributed by atoms with E-state index in [9.17, 15) is 0 Å². The van der Waals surface area contributed by atoms with Crippen LogP contribution >= 0.6 is 23.2 Å². The number of nitrogens with one attached hydrogen (secondary N) is 2. The van der Waals surface area contributed by atoms with Gasteiger partial charge in [0.25, 0.3) is 0 Å². The third-order valence-corrected chi connectivity index (χ3v) is 7.62. The SMILES string of the molecule is CN1CCOCC1CN1CCN(c2nc3c(c(NCc4ccc(Cl)cc4Cl)n2)CNCC3)CC1. The number of anilines is 2. The van der Waals surface area contributed by atoms with Crippen LogP contribution in [0, 0.1) is 0 Å². The van der Waals surface area contributed by atoms with Gasteiger partial charge in [0.15, 0.2) is 0 Å². The van der Waals surface area contributed by atoms with E-state index in [4.69, 9.17) is 37.9 Å². The van der Waals surface area contributed by atoms with Gasteiger partial charge >= 0.3 is 0 Å². The number of nitrogens with zero attached hydrogens (tertiary/aromatic N) is 5. The van der Waals surface area contributed by atoms with Gasteiger partial charge in [0.2, 0.25) is 5.95 Å². The first-order valence-corrected chi connectivity index (χ1v) is 12.9. The number of hydrogen-bond donors (Lipinski definition) is 2. The van der Waals surface area contributed by atoms with Gasteiger partial charge in [-0.1, -0.05) is 29.3 Å². The number of halogens is 2. The molecule has 5 rings (SSSR count). The molecule has 0 saturated carbocycles. The fraction of sp³-hybridized carbons (Fsp3) is 0.583. The van der Waals surface area contributed by atoms with Crippen LogP contribution in [-0.2, 0) is 24.2 Å². The molecule has 10 heteroatoms. The lowest BCUT2D eigenvalue weighted by atomic mass is 10.1. The first kappa shape index (κ1) is 24.0. The normalized spacial score (nSPS) is 22.0. The highest BCUT2D eigenvalue weighted by atomic mass is 35.5. The van der Waals surface area contributed by atoms with Gasteiger partial charge in [-0.05, 0) is 24.7 Å². The third-order valence-electron chi connectivity index (χ3n) is 7.03. The predicted molar refractivity (Wildman–Crippen MR) is 137 cm³/mol. The summed E-state index contributed by atoms with van der Waals surface area (Å²) in [4.78, 5) is 17.2. The van der Waals surface area contributed by atoms with Crippen LogP contribution in [0.2, 0.25) is 10.0 Å². The summed E-state index contributed by atoms with van der Waals surface area (Å²) >= 11 is 12.4. The lowest BCUT2D eigenvalue weighted by molar-refractivity contribution is -0.00787. The molecule has 3 aliphatic heterocycles. The zero-order valence-corrected chi connectivity index (χ0v) is 21.2. The highest BCUT2D eigenvalue weighted by Gasteiger charge is 2.27. The Morgan fingerprint density at radius 2 is 2.00 bits per heavy atom. The molecule has 0 amide bonds. The second-order valence-electron chi connectivity index (χ2n) is 9.31. The minimum Gasteiger partial charge on any atom is -0.378 e. The van der Waals surface area contributed by atoms with Crippen LogP contribution in [0.4, 0.5) is 11.8 Å². The molecule has 2 fully saturated rings. The van der Waals surface area contributed by atoms with Gasteiger partial charge < -0.3 is 20.3 Å². The highest BCUT2D eigenvalue weighted by Crippen LogP contribution is 2.26. The van der Waals surface area contributed by atoms with Crippen LogP contribution < -0.4 is 15.5 Å². The number of aromatic nitrogens is 2. The largest absolute Gasteiger partial charge is 0.378 e. The molecular formula is C24H33Cl2N7O. The number of hydrogen-bond acceptors (Lipinski definition) is 8. The maximum Gasteiger partial charge on any atom is 0.227 e. The van der Waals surface area contributed by atoms with Crippen molar-refractivity contribution >= 4 is 35.0 Å². The molecule has 2 N–H and O–H groups in total. The van der Waals surface area contributed by atoms with E-state index in [2.05, 4.69) is 32.4 Å². The number of ether oxygens (including phenoxy) is 1. The molecule has 1 unspecified atom stereocenters. The van der Waals surface area contributed by atoms with Gasteiger partial charge in [0.05, 0.1) is 18.9 Å². The zero-order chi connectivity index (χ0) is 23.5. The molecule has 2 saturated heterocycles. The first-order chi connectivity index (χ1) is 16.6. The quantitative estimate of drug-likeness (QED) is 0.620. The van der Waals surface area contributed by atoms with Gasteiger partial charge in [-0.3, -0.25) is 9.80 Å². The Bertz CT molecular complexity index is 1000. The van der Waals surface area contributed by atoms with E-state index in [0.29, 0.717) is 22.6 Å². The van der Waals surface area contributed by atoms with Crippen LogP contribution in [0.15, 0.2) is 18.2 Å². The highest BCUT2D eigenvalue weighted by molar-refractivity contribution is 6.35. The maximum atomic E-state index is 6.39. The van der Waals surface area contributed by atoms with Crippen molar-refractivity contribution in [2.45, 2.75) is 25.6 Å². The van der Waals surface area contributed by atoms with Crippen molar-refractivity contribution in [1.29, 1.82) is 0 Å². The number of benzene rings is 1. The van der Waals surface area contributed by atoms with E-state index in [1.807, 2.05) is 12.1 Å². The van der Waals surface area contributed by atoms with E-state index in [1.54, 1.807) is 6.07 Å². The molecule has 1 atom stereocenters. The van der Waals surface area contributed by atoms with E-state index in [1.165, 1.54) is 0 Å². The van der Waals surface area contributed by atoms with Gasteiger partial charge in [-0.15, -0.1) is 0 Å². The second kappa shape index (κ2) is 10.9. The molecule has 2 aromatic rings. The summed E-state index contributed by atoms with van der Waals surface area (Å²) in [7, 11) is 2.20. The molecule has 0 radical (unpaired) electrons. The average molecular weight is 506 g/mol.